The van der Waals surface area contributed by atoms with Crippen LogP contribution in [0.25, 0.3) is 0 Å². The van der Waals surface area contributed by atoms with Crippen LogP contribution in [0.5, 0.6) is 0 Å². The molecule has 4 heteroatoms. The number of aliphatic imine (C=N–C) groups is 1. The van der Waals surface area contributed by atoms with Gasteiger partial charge >= 0.3 is 0 Å². The van der Waals surface area contributed by atoms with Gasteiger partial charge in [-0.15, -0.1) is 0 Å². The van der Waals surface area contributed by atoms with E-state index in [0.29, 0.717) is 5.17 Å². The monoisotopic (exact) mass is 269 g/mol. The Morgan fingerprint density at radius 3 is 2.53 bits per heavy atom. The number of pyridine rings is 1. The SMILES string of the molecule is Cc1ccc(C2(c3ccccn3)CSC(N)=N2)cc1. The van der Waals surface area contributed by atoms with E-state index < -0.39 is 5.54 Å². The average Bonchev–Trinajstić information content (AvgIpc) is 2.84. The van der Waals surface area contributed by atoms with Crippen molar-refractivity contribution in [2.24, 2.45) is 10.7 Å². The topological polar surface area (TPSA) is 51.3 Å². The number of nitrogens with two attached hydrogens (primary N) is 1. The highest BCUT2D eigenvalue weighted by atomic mass is 32.2. The van der Waals surface area contributed by atoms with Gasteiger partial charge in [-0.3, -0.25) is 4.98 Å². The van der Waals surface area contributed by atoms with Crippen LogP contribution in [0.1, 0.15) is 16.8 Å². The molecule has 1 aromatic carbocycles. The second-order valence-electron chi connectivity index (χ2n) is 4.68. The van der Waals surface area contributed by atoms with E-state index in [1.165, 1.54) is 5.56 Å². The summed E-state index contributed by atoms with van der Waals surface area (Å²) < 4.78 is 0. The van der Waals surface area contributed by atoms with Crippen molar-refractivity contribution in [3.63, 3.8) is 0 Å². The third kappa shape index (κ3) is 2.12. The van der Waals surface area contributed by atoms with Crippen LogP contribution in [0.15, 0.2) is 53.7 Å². The van der Waals surface area contributed by atoms with Gasteiger partial charge in [0.15, 0.2) is 5.17 Å². The van der Waals surface area contributed by atoms with Crippen LogP contribution >= 0.6 is 11.8 Å². The maximum Gasteiger partial charge on any atom is 0.155 e. The number of nitrogens with zero attached hydrogens (tertiary/aromatic N) is 2. The third-order valence-electron chi connectivity index (χ3n) is 3.35. The molecule has 1 atom stereocenters. The summed E-state index contributed by atoms with van der Waals surface area (Å²) in [4.78, 5) is 9.18. The molecule has 3 rings (SSSR count). The van der Waals surface area contributed by atoms with Crippen LogP contribution in [-0.4, -0.2) is 15.9 Å². The summed E-state index contributed by atoms with van der Waals surface area (Å²) in [7, 11) is 0. The number of hydrogen-bond acceptors (Lipinski definition) is 4. The van der Waals surface area contributed by atoms with Gasteiger partial charge in [0, 0.05) is 11.9 Å². The number of benzene rings is 1. The highest BCUT2D eigenvalue weighted by molar-refractivity contribution is 8.14. The fourth-order valence-corrected chi connectivity index (χ4v) is 3.25. The number of hydrogen-bond donors (Lipinski definition) is 1. The highest BCUT2D eigenvalue weighted by Crippen LogP contribution is 2.40. The molecule has 0 aliphatic carbocycles. The van der Waals surface area contributed by atoms with Gasteiger partial charge in [-0.05, 0) is 24.6 Å². The maximum atomic E-state index is 5.90. The van der Waals surface area contributed by atoms with E-state index in [4.69, 9.17) is 5.73 Å². The summed E-state index contributed by atoms with van der Waals surface area (Å²) in [6.45, 7) is 2.08. The molecule has 0 radical (unpaired) electrons. The van der Waals surface area contributed by atoms with Crippen LogP contribution in [-0.2, 0) is 5.54 Å². The number of rotatable bonds is 2. The molecule has 0 saturated heterocycles. The number of aryl methyl sites for hydroxylation is 1. The second kappa shape index (κ2) is 4.70. The molecule has 1 aromatic heterocycles. The van der Waals surface area contributed by atoms with Crippen molar-refractivity contribution in [1.82, 2.24) is 4.98 Å². The van der Waals surface area contributed by atoms with E-state index >= 15 is 0 Å². The molecule has 1 aliphatic heterocycles. The Kier molecular flexibility index (Phi) is 3.03. The standard InChI is InChI=1S/C15H15N3S/c1-11-5-7-12(8-6-11)15(10-19-14(16)18-15)13-4-2-3-9-17-13/h2-9H,10H2,1H3,(H2,16,18). The first-order valence-corrected chi connectivity index (χ1v) is 7.16. The first kappa shape index (κ1) is 12.2. The molecule has 0 spiro atoms. The summed E-state index contributed by atoms with van der Waals surface area (Å²) in [5, 5.41) is 0.631. The molecule has 0 saturated carbocycles. The normalized spacial score (nSPS) is 22.3. The van der Waals surface area contributed by atoms with Crippen molar-refractivity contribution in [2.45, 2.75) is 12.5 Å². The summed E-state index contributed by atoms with van der Waals surface area (Å²) in [5.74, 6) is 0.804. The van der Waals surface area contributed by atoms with E-state index in [1.54, 1.807) is 18.0 Å². The molecular weight excluding hydrogens is 254 g/mol. The van der Waals surface area contributed by atoms with Crippen molar-refractivity contribution in [3.05, 3.63) is 65.5 Å². The summed E-state index contributed by atoms with van der Waals surface area (Å²) in [6.07, 6.45) is 1.81. The number of thioether (sulfide) groups is 1. The largest absolute Gasteiger partial charge is 0.378 e. The summed E-state index contributed by atoms with van der Waals surface area (Å²) in [6, 6.07) is 14.4. The molecule has 2 aromatic rings. The van der Waals surface area contributed by atoms with Crippen LogP contribution in [0.2, 0.25) is 0 Å². The van der Waals surface area contributed by atoms with Crippen molar-refractivity contribution in [3.8, 4) is 0 Å². The van der Waals surface area contributed by atoms with Gasteiger partial charge < -0.3 is 5.73 Å². The zero-order chi connectivity index (χ0) is 13.3. The number of aromatic nitrogens is 1. The minimum absolute atomic E-state index is 0.441. The van der Waals surface area contributed by atoms with Crippen molar-refractivity contribution in [2.75, 3.05) is 5.75 Å². The van der Waals surface area contributed by atoms with Crippen molar-refractivity contribution >= 4 is 16.9 Å². The lowest BCUT2D eigenvalue weighted by Crippen LogP contribution is -2.27. The van der Waals surface area contributed by atoms with Crippen molar-refractivity contribution in [1.29, 1.82) is 0 Å². The van der Waals surface area contributed by atoms with Crippen LogP contribution in [0.4, 0.5) is 0 Å². The molecule has 19 heavy (non-hydrogen) atoms. The number of amidine groups is 1. The molecule has 2 heterocycles. The van der Waals surface area contributed by atoms with Gasteiger partial charge in [0.1, 0.15) is 5.54 Å². The zero-order valence-electron chi connectivity index (χ0n) is 10.7. The predicted octanol–water partition coefficient (Wildman–Crippen LogP) is 2.70. The van der Waals surface area contributed by atoms with Crippen molar-refractivity contribution < 1.29 is 0 Å². The van der Waals surface area contributed by atoms with Gasteiger partial charge in [0.25, 0.3) is 0 Å². The van der Waals surface area contributed by atoms with Gasteiger partial charge in [-0.2, -0.15) is 0 Å². The lowest BCUT2D eigenvalue weighted by atomic mass is 9.88. The summed E-state index contributed by atoms with van der Waals surface area (Å²) >= 11 is 1.59. The lowest BCUT2D eigenvalue weighted by Gasteiger charge is -2.25. The fraction of sp³-hybridized carbons (Fsp3) is 0.200. The Morgan fingerprint density at radius 1 is 1.16 bits per heavy atom. The van der Waals surface area contributed by atoms with Crippen LogP contribution in [0.3, 0.4) is 0 Å². The first-order chi connectivity index (χ1) is 9.21. The molecule has 96 valence electrons. The Morgan fingerprint density at radius 2 is 1.95 bits per heavy atom. The van der Waals surface area contributed by atoms with Gasteiger partial charge in [-0.1, -0.05) is 47.7 Å². The molecule has 1 aliphatic rings. The highest BCUT2D eigenvalue weighted by Gasteiger charge is 2.39. The van der Waals surface area contributed by atoms with E-state index in [9.17, 15) is 0 Å². The Bertz CT molecular complexity index is 607. The molecular formula is C15H15N3S. The first-order valence-electron chi connectivity index (χ1n) is 6.17. The molecule has 1 unspecified atom stereocenters. The Labute approximate surface area is 117 Å². The van der Waals surface area contributed by atoms with Crippen LogP contribution < -0.4 is 5.73 Å². The average molecular weight is 269 g/mol. The minimum Gasteiger partial charge on any atom is -0.378 e. The van der Waals surface area contributed by atoms with Gasteiger partial charge in [0.05, 0.1) is 5.69 Å². The molecule has 3 nitrogen and oxygen atoms in total. The molecule has 2 N–H and O–H groups in total. The third-order valence-corrected chi connectivity index (χ3v) is 4.30. The lowest BCUT2D eigenvalue weighted by molar-refractivity contribution is 0.606. The molecule has 0 amide bonds. The second-order valence-corrected chi connectivity index (χ2v) is 5.68. The van der Waals surface area contributed by atoms with E-state index in [2.05, 4.69) is 41.2 Å². The predicted molar refractivity (Wildman–Crippen MR) is 80.3 cm³/mol. The molecule has 0 fully saturated rings. The Hall–Kier alpha value is -1.81. The summed E-state index contributed by atoms with van der Waals surface area (Å²) in [5.41, 5.74) is 8.79. The fourth-order valence-electron chi connectivity index (χ4n) is 2.29. The van der Waals surface area contributed by atoms with E-state index in [0.717, 1.165) is 17.0 Å². The van der Waals surface area contributed by atoms with E-state index in [1.807, 2.05) is 18.2 Å². The smallest absolute Gasteiger partial charge is 0.155 e. The van der Waals surface area contributed by atoms with Crippen LogP contribution in [0, 0.1) is 6.92 Å². The maximum absolute atomic E-state index is 5.90. The zero-order valence-corrected chi connectivity index (χ0v) is 11.5. The minimum atomic E-state index is -0.441. The Balaban J connectivity index is 2.16. The molecule has 0 bridgehead atoms. The van der Waals surface area contributed by atoms with Gasteiger partial charge in [-0.25, -0.2) is 4.99 Å². The quantitative estimate of drug-likeness (QED) is 0.912. The van der Waals surface area contributed by atoms with E-state index in [-0.39, 0.29) is 0 Å². The van der Waals surface area contributed by atoms with Gasteiger partial charge in [0.2, 0.25) is 0 Å².